The highest BCUT2D eigenvalue weighted by Crippen LogP contribution is 2.29. The molecule has 0 spiro atoms. The first kappa shape index (κ1) is 21.9. The minimum atomic E-state index is 0.240. The second-order valence-electron chi connectivity index (χ2n) is 9.95. The molecule has 0 bridgehead atoms. The number of nitrogens with zero attached hydrogens (tertiary/aromatic N) is 7. The lowest BCUT2D eigenvalue weighted by molar-refractivity contribution is -0.134. The van der Waals surface area contributed by atoms with E-state index in [2.05, 4.69) is 39.2 Å². The molecule has 1 unspecified atom stereocenters. The van der Waals surface area contributed by atoms with Gasteiger partial charge in [0, 0.05) is 51.0 Å². The maximum Gasteiger partial charge on any atom is 0.236 e. The van der Waals surface area contributed by atoms with Gasteiger partial charge in [0.1, 0.15) is 5.52 Å². The van der Waals surface area contributed by atoms with Gasteiger partial charge in [0.15, 0.2) is 5.82 Å². The van der Waals surface area contributed by atoms with E-state index in [1.165, 1.54) is 0 Å². The molecule has 2 saturated heterocycles. The van der Waals surface area contributed by atoms with Crippen molar-refractivity contribution >= 4 is 17.2 Å². The van der Waals surface area contributed by atoms with E-state index >= 15 is 0 Å². The monoisotopic (exact) mass is 450 g/mol. The van der Waals surface area contributed by atoms with Gasteiger partial charge in [-0.1, -0.05) is 13.8 Å². The van der Waals surface area contributed by atoms with Crippen LogP contribution in [0.5, 0.6) is 0 Å². The highest BCUT2D eigenvalue weighted by molar-refractivity contribution is 5.79. The summed E-state index contributed by atoms with van der Waals surface area (Å²) in [6.07, 6.45) is 10.8. The molecule has 2 aliphatic rings. The van der Waals surface area contributed by atoms with Gasteiger partial charge in [-0.3, -0.25) is 9.48 Å². The highest BCUT2D eigenvalue weighted by atomic mass is 16.2. The highest BCUT2D eigenvalue weighted by Gasteiger charge is 2.30. The quantitative estimate of drug-likeness (QED) is 0.620. The van der Waals surface area contributed by atoms with Crippen LogP contribution in [-0.4, -0.2) is 74.0 Å². The molecular weight excluding hydrogens is 416 g/mol. The lowest BCUT2D eigenvalue weighted by Gasteiger charge is -2.39. The summed E-state index contributed by atoms with van der Waals surface area (Å²) in [6.45, 7) is 8.53. The van der Waals surface area contributed by atoms with Crippen molar-refractivity contribution in [2.45, 2.75) is 39.2 Å². The van der Waals surface area contributed by atoms with Gasteiger partial charge in [-0.15, -0.1) is 0 Å². The van der Waals surface area contributed by atoms with E-state index in [4.69, 9.17) is 4.98 Å². The number of amides is 1. The number of hydrogen-bond acceptors (Lipinski definition) is 6. The maximum absolute atomic E-state index is 12.5. The fourth-order valence-electron chi connectivity index (χ4n) is 5.15. The number of piperidine rings is 1. The molecule has 5 heterocycles. The average Bonchev–Trinajstić information content (AvgIpc) is 3.44. The van der Waals surface area contributed by atoms with Gasteiger partial charge in [-0.25, -0.2) is 9.50 Å². The molecule has 3 aromatic heterocycles. The van der Waals surface area contributed by atoms with E-state index in [1.54, 1.807) is 4.68 Å². The Morgan fingerprint density at radius 3 is 2.73 bits per heavy atom. The first-order valence-corrected chi connectivity index (χ1v) is 12.1. The summed E-state index contributed by atoms with van der Waals surface area (Å²) in [5.74, 6) is 2.38. The van der Waals surface area contributed by atoms with Gasteiger partial charge in [0.2, 0.25) is 5.91 Å². The van der Waals surface area contributed by atoms with Crippen LogP contribution in [-0.2, 0) is 11.8 Å². The summed E-state index contributed by atoms with van der Waals surface area (Å²) in [5.41, 5.74) is 2.88. The number of carbonyl (C=O) groups is 1. The largest absolute Gasteiger partial charge is 0.355 e. The van der Waals surface area contributed by atoms with Crippen LogP contribution in [0.15, 0.2) is 30.9 Å². The topological polar surface area (TPSA) is 83.6 Å². The van der Waals surface area contributed by atoms with Crippen molar-refractivity contribution in [2.75, 3.05) is 37.6 Å². The first-order valence-electron chi connectivity index (χ1n) is 12.1. The fraction of sp³-hybridized carbons (Fsp3) is 0.583. The van der Waals surface area contributed by atoms with Crippen molar-refractivity contribution < 1.29 is 4.79 Å². The van der Waals surface area contributed by atoms with Gasteiger partial charge >= 0.3 is 0 Å². The smallest absolute Gasteiger partial charge is 0.236 e. The van der Waals surface area contributed by atoms with Crippen LogP contribution >= 0.6 is 0 Å². The van der Waals surface area contributed by atoms with E-state index in [0.717, 1.165) is 68.0 Å². The molecule has 0 aromatic carbocycles. The van der Waals surface area contributed by atoms with Crippen LogP contribution in [0, 0.1) is 11.8 Å². The minimum Gasteiger partial charge on any atom is -0.355 e. The van der Waals surface area contributed by atoms with Crippen LogP contribution in [0.25, 0.3) is 16.8 Å². The Hall–Kier alpha value is -2.94. The molecule has 0 aliphatic carbocycles. The summed E-state index contributed by atoms with van der Waals surface area (Å²) >= 11 is 0. The second-order valence-corrected chi connectivity index (χ2v) is 9.95. The molecule has 176 valence electrons. The van der Waals surface area contributed by atoms with Crippen molar-refractivity contribution in [1.29, 1.82) is 0 Å². The Kier molecular flexibility index (Phi) is 6.05. The molecule has 1 N–H and O–H groups in total. The zero-order valence-corrected chi connectivity index (χ0v) is 19.8. The molecule has 5 rings (SSSR count). The zero-order valence-electron chi connectivity index (χ0n) is 19.8. The number of aryl methyl sites for hydroxylation is 1. The Morgan fingerprint density at radius 1 is 1.18 bits per heavy atom. The second kappa shape index (κ2) is 9.13. The number of anilines is 1. The van der Waals surface area contributed by atoms with Gasteiger partial charge in [0.05, 0.1) is 30.8 Å². The van der Waals surface area contributed by atoms with Crippen LogP contribution in [0.3, 0.4) is 0 Å². The number of rotatable bonds is 6. The van der Waals surface area contributed by atoms with Crippen molar-refractivity contribution in [1.82, 2.24) is 34.6 Å². The van der Waals surface area contributed by atoms with Crippen molar-refractivity contribution in [2.24, 2.45) is 18.9 Å². The maximum atomic E-state index is 12.5. The molecule has 1 amide bonds. The minimum absolute atomic E-state index is 0.240. The van der Waals surface area contributed by atoms with Gasteiger partial charge in [0.25, 0.3) is 0 Å². The Labute approximate surface area is 194 Å². The van der Waals surface area contributed by atoms with Crippen LogP contribution in [0.1, 0.15) is 33.1 Å². The lowest BCUT2D eigenvalue weighted by Crippen LogP contribution is -2.55. The third-order valence-corrected chi connectivity index (χ3v) is 6.85. The van der Waals surface area contributed by atoms with E-state index in [0.29, 0.717) is 24.4 Å². The summed E-state index contributed by atoms with van der Waals surface area (Å²) < 4.78 is 3.70. The molecule has 3 aromatic rings. The van der Waals surface area contributed by atoms with E-state index in [1.807, 2.05) is 42.4 Å². The summed E-state index contributed by atoms with van der Waals surface area (Å²) in [6, 6.07) is 2.44. The van der Waals surface area contributed by atoms with Crippen LogP contribution in [0.4, 0.5) is 5.82 Å². The molecule has 0 radical (unpaired) electrons. The molecular formula is C24H34N8O. The Balaban J connectivity index is 1.26. The number of piperazine rings is 1. The van der Waals surface area contributed by atoms with E-state index in [-0.39, 0.29) is 5.91 Å². The predicted octanol–water partition coefficient (Wildman–Crippen LogP) is 2.19. The van der Waals surface area contributed by atoms with E-state index < -0.39 is 0 Å². The van der Waals surface area contributed by atoms with Crippen LogP contribution < -0.4 is 10.2 Å². The number of nitrogens with one attached hydrogen (secondary N) is 1. The van der Waals surface area contributed by atoms with Gasteiger partial charge in [-0.2, -0.15) is 10.2 Å². The third kappa shape index (κ3) is 4.73. The molecule has 9 nitrogen and oxygen atoms in total. The molecule has 33 heavy (non-hydrogen) atoms. The third-order valence-electron chi connectivity index (χ3n) is 6.85. The summed E-state index contributed by atoms with van der Waals surface area (Å²) in [5, 5.41) is 12.2. The van der Waals surface area contributed by atoms with Gasteiger partial charge < -0.3 is 15.1 Å². The Morgan fingerprint density at radius 2 is 2.00 bits per heavy atom. The molecule has 2 aliphatic heterocycles. The van der Waals surface area contributed by atoms with Crippen LogP contribution in [0.2, 0.25) is 0 Å². The summed E-state index contributed by atoms with van der Waals surface area (Å²) in [4.78, 5) is 22.0. The summed E-state index contributed by atoms with van der Waals surface area (Å²) in [7, 11) is 1.91. The van der Waals surface area contributed by atoms with Gasteiger partial charge in [-0.05, 0) is 37.2 Å². The predicted molar refractivity (Wildman–Crippen MR) is 128 cm³/mol. The molecule has 9 heteroatoms. The van der Waals surface area contributed by atoms with Crippen molar-refractivity contribution in [3.8, 4) is 11.3 Å². The first-order chi connectivity index (χ1) is 16.0. The lowest BCUT2D eigenvalue weighted by atomic mass is 9.94. The fourth-order valence-corrected chi connectivity index (χ4v) is 5.15. The number of aromatic nitrogens is 5. The molecule has 0 saturated carbocycles. The Bertz CT molecular complexity index is 1110. The number of hydrogen-bond donors (Lipinski definition) is 1. The van der Waals surface area contributed by atoms with E-state index in [9.17, 15) is 4.79 Å². The number of carbonyl (C=O) groups excluding carboxylic acids is 1. The number of fused-ring (bicyclic) bond motifs is 1. The van der Waals surface area contributed by atoms with Crippen molar-refractivity contribution in [3.63, 3.8) is 0 Å². The molecule has 2 fully saturated rings. The average molecular weight is 451 g/mol. The normalized spacial score (nSPS) is 20.4. The zero-order chi connectivity index (χ0) is 22.9. The standard InChI is InChI=1S/C24H34N8O/c1-17(2)10-20-15-31(23(33)12-25-20)13-18-5-8-30(9-6-18)24-22-4-7-26-32(22)16-21(28-24)19-11-27-29(3)14-19/h4,7,11,14,16-18,20,25H,5-6,8-10,12-13,15H2,1-3H3. The molecule has 1 atom stereocenters. The SMILES string of the molecule is CC(C)CC1CN(CC2CCN(c3nc(-c4cnn(C)c4)cn4nccc34)CC2)C(=O)CN1. The van der Waals surface area contributed by atoms with Crippen molar-refractivity contribution in [3.05, 3.63) is 30.9 Å².